The third-order valence-corrected chi connectivity index (χ3v) is 7.05. The fourth-order valence-electron chi connectivity index (χ4n) is 4.82. The molecule has 0 radical (unpaired) electrons. The van der Waals surface area contributed by atoms with Gasteiger partial charge in [-0.05, 0) is 56.6 Å². The number of rotatable bonds is 11. The van der Waals surface area contributed by atoms with Crippen molar-refractivity contribution in [2.75, 3.05) is 38.1 Å². The molecule has 0 atom stereocenters. The Morgan fingerprint density at radius 3 is 2.50 bits per heavy atom. The molecule has 3 rings (SSSR count). The number of anilines is 1. The second-order valence-electron chi connectivity index (χ2n) is 9.65. The SMILES string of the molecule is Cc1ccc(OCC(=O)N2CCC(CCNC(=O)C3CCCCC3)CC2)cc1NCCC(N)=O. The summed E-state index contributed by atoms with van der Waals surface area (Å²) in [4.78, 5) is 37.7. The molecule has 1 aromatic rings. The van der Waals surface area contributed by atoms with E-state index in [2.05, 4.69) is 10.6 Å². The summed E-state index contributed by atoms with van der Waals surface area (Å²) in [5, 5.41) is 6.31. The molecule has 2 aliphatic rings. The Bertz CT molecular complexity index is 830. The van der Waals surface area contributed by atoms with Crippen molar-refractivity contribution >= 4 is 23.4 Å². The van der Waals surface area contributed by atoms with Crippen LogP contribution in [0.25, 0.3) is 0 Å². The van der Waals surface area contributed by atoms with Gasteiger partial charge in [-0.2, -0.15) is 0 Å². The first-order valence-electron chi connectivity index (χ1n) is 12.7. The summed E-state index contributed by atoms with van der Waals surface area (Å²) < 4.78 is 5.75. The molecular formula is C26H40N4O4. The zero-order chi connectivity index (χ0) is 24.3. The van der Waals surface area contributed by atoms with Crippen LogP contribution >= 0.6 is 0 Å². The molecule has 188 valence electrons. The van der Waals surface area contributed by atoms with Gasteiger partial charge in [0, 0.05) is 50.3 Å². The lowest BCUT2D eigenvalue weighted by Gasteiger charge is -2.32. The highest BCUT2D eigenvalue weighted by atomic mass is 16.5. The van der Waals surface area contributed by atoms with Gasteiger partial charge in [-0.1, -0.05) is 25.3 Å². The predicted molar refractivity (Wildman–Crippen MR) is 132 cm³/mol. The van der Waals surface area contributed by atoms with Gasteiger partial charge in [0.05, 0.1) is 0 Å². The second kappa shape index (κ2) is 13.2. The predicted octanol–water partition coefficient (Wildman–Crippen LogP) is 2.99. The molecule has 8 heteroatoms. The number of nitrogens with zero attached hydrogens (tertiary/aromatic N) is 1. The van der Waals surface area contributed by atoms with Crippen LogP contribution in [0, 0.1) is 18.8 Å². The number of benzene rings is 1. The molecule has 0 unspecified atom stereocenters. The third-order valence-electron chi connectivity index (χ3n) is 7.05. The van der Waals surface area contributed by atoms with Gasteiger partial charge in [-0.3, -0.25) is 14.4 Å². The van der Waals surface area contributed by atoms with E-state index < -0.39 is 0 Å². The van der Waals surface area contributed by atoms with Crippen LogP contribution in [-0.2, 0) is 14.4 Å². The van der Waals surface area contributed by atoms with E-state index in [4.69, 9.17) is 10.5 Å². The van der Waals surface area contributed by atoms with Crippen LogP contribution in [0.5, 0.6) is 5.75 Å². The Morgan fingerprint density at radius 1 is 1.06 bits per heavy atom. The molecule has 4 N–H and O–H groups in total. The largest absolute Gasteiger partial charge is 0.484 e. The first kappa shape index (κ1) is 25.8. The summed E-state index contributed by atoms with van der Waals surface area (Å²) in [6.07, 6.45) is 8.83. The standard InChI is InChI=1S/C26H40N4O4/c1-19-7-8-22(17-23(19)28-14-10-24(27)31)34-18-25(32)30-15-11-20(12-16-30)9-13-29-26(33)21-5-3-2-4-6-21/h7-8,17,20-21,28H,2-6,9-16,18H2,1H3,(H2,27,31)(H,29,33). The lowest BCUT2D eigenvalue weighted by atomic mass is 9.88. The van der Waals surface area contributed by atoms with E-state index in [1.54, 1.807) is 0 Å². The molecule has 34 heavy (non-hydrogen) atoms. The monoisotopic (exact) mass is 472 g/mol. The molecule has 1 heterocycles. The Labute approximate surface area is 203 Å². The van der Waals surface area contributed by atoms with E-state index in [1.165, 1.54) is 19.3 Å². The molecule has 1 aromatic carbocycles. The summed E-state index contributed by atoms with van der Waals surface area (Å²) in [6.45, 7) is 4.63. The minimum Gasteiger partial charge on any atom is -0.484 e. The van der Waals surface area contributed by atoms with Crippen molar-refractivity contribution in [2.24, 2.45) is 17.6 Å². The fraction of sp³-hybridized carbons (Fsp3) is 0.654. The molecule has 3 amide bonds. The molecule has 0 bridgehead atoms. The molecule has 1 saturated carbocycles. The Balaban J connectivity index is 1.33. The van der Waals surface area contributed by atoms with Crippen molar-refractivity contribution in [3.63, 3.8) is 0 Å². The molecular weight excluding hydrogens is 432 g/mol. The number of nitrogens with one attached hydrogen (secondary N) is 2. The Kier molecular flexibility index (Phi) is 10.0. The van der Waals surface area contributed by atoms with E-state index in [1.807, 2.05) is 30.0 Å². The highest BCUT2D eigenvalue weighted by Gasteiger charge is 2.24. The number of hydrogen-bond donors (Lipinski definition) is 3. The van der Waals surface area contributed by atoms with Crippen molar-refractivity contribution in [1.29, 1.82) is 0 Å². The van der Waals surface area contributed by atoms with Crippen molar-refractivity contribution in [1.82, 2.24) is 10.2 Å². The number of carbonyl (C=O) groups excluding carboxylic acids is 3. The maximum absolute atomic E-state index is 12.6. The maximum Gasteiger partial charge on any atom is 0.260 e. The van der Waals surface area contributed by atoms with E-state index in [9.17, 15) is 14.4 Å². The van der Waals surface area contributed by atoms with E-state index in [-0.39, 0.29) is 36.7 Å². The average molecular weight is 473 g/mol. The Morgan fingerprint density at radius 2 is 1.79 bits per heavy atom. The normalized spacial score (nSPS) is 17.3. The van der Waals surface area contributed by atoms with E-state index >= 15 is 0 Å². The summed E-state index contributed by atoms with van der Waals surface area (Å²) in [6, 6.07) is 5.61. The van der Waals surface area contributed by atoms with Crippen molar-refractivity contribution in [3.05, 3.63) is 23.8 Å². The van der Waals surface area contributed by atoms with Crippen LogP contribution in [0.3, 0.4) is 0 Å². The molecule has 1 aliphatic heterocycles. The van der Waals surface area contributed by atoms with Gasteiger partial charge in [0.2, 0.25) is 11.8 Å². The number of aryl methyl sites for hydroxylation is 1. The minimum atomic E-state index is -0.351. The number of amides is 3. The third kappa shape index (κ3) is 8.22. The highest BCUT2D eigenvalue weighted by Crippen LogP contribution is 2.25. The van der Waals surface area contributed by atoms with Gasteiger partial charge in [0.1, 0.15) is 5.75 Å². The van der Waals surface area contributed by atoms with Crippen LogP contribution in [0.2, 0.25) is 0 Å². The molecule has 0 spiro atoms. The molecule has 8 nitrogen and oxygen atoms in total. The highest BCUT2D eigenvalue weighted by molar-refractivity contribution is 5.79. The number of primary amides is 1. The second-order valence-corrected chi connectivity index (χ2v) is 9.65. The minimum absolute atomic E-state index is 0.00585. The lowest BCUT2D eigenvalue weighted by Crippen LogP contribution is -2.41. The van der Waals surface area contributed by atoms with Crippen LogP contribution in [0.15, 0.2) is 18.2 Å². The zero-order valence-corrected chi connectivity index (χ0v) is 20.4. The Hall–Kier alpha value is -2.77. The number of carbonyl (C=O) groups is 3. The van der Waals surface area contributed by atoms with Crippen molar-refractivity contribution < 1.29 is 19.1 Å². The van der Waals surface area contributed by atoms with Crippen LogP contribution in [-0.4, -0.2) is 55.4 Å². The summed E-state index contributed by atoms with van der Waals surface area (Å²) in [5.41, 5.74) is 7.08. The van der Waals surface area contributed by atoms with E-state index in [0.717, 1.165) is 63.0 Å². The smallest absolute Gasteiger partial charge is 0.260 e. The summed E-state index contributed by atoms with van der Waals surface area (Å²) >= 11 is 0. The molecule has 1 aliphatic carbocycles. The van der Waals surface area contributed by atoms with Crippen molar-refractivity contribution in [3.8, 4) is 5.75 Å². The van der Waals surface area contributed by atoms with Gasteiger partial charge in [0.25, 0.3) is 5.91 Å². The van der Waals surface area contributed by atoms with Gasteiger partial charge in [0.15, 0.2) is 6.61 Å². The number of ether oxygens (including phenoxy) is 1. The fourth-order valence-corrected chi connectivity index (χ4v) is 4.82. The van der Waals surface area contributed by atoms with Gasteiger partial charge >= 0.3 is 0 Å². The molecule has 0 aromatic heterocycles. The molecule has 1 saturated heterocycles. The quantitative estimate of drug-likeness (QED) is 0.458. The number of hydrogen-bond acceptors (Lipinski definition) is 5. The molecule has 2 fully saturated rings. The number of piperidine rings is 1. The van der Waals surface area contributed by atoms with E-state index in [0.29, 0.717) is 18.2 Å². The van der Waals surface area contributed by atoms with Gasteiger partial charge in [-0.15, -0.1) is 0 Å². The maximum atomic E-state index is 12.6. The first-order valence-corrected chi connectivity index (χ1v) is 12.7. The first-order chi connectivity index (χ1) is 16.4. The topological polar surface area (TPSA) is 114 Å². The summed E-state index contributed by atoms with van der Waals surface area (Å²) in [5.74, 6) is 1.24. The van der Waals surface area contributed by atoms with Crippen LogP contribution in [0.1, 0.15) is 63.4 Å². The lowest BCUT2D eigenvalue weighted by molar-refractivity contribution is -0.134. The number of likely N-dealkylation sites (tertiary alicyclic amines) is 1. The average Bonchev–Trinajstić information content (AvgIpc) is 2.85. The number of nitrogens with two attached hydrogens (primary N) is 1. The van der Waals surface area contributed by atoms with Crippen LogP contribution in [0.4, 0.5) is 5.69 Å². The van der Waals surface area contributed by atoms with Crippen molar-refractivity contribution in [2.45, 2.75) is 64.7 Å². The van der Waals surface area contributed by atoms with Crippen LogP contribution < -0.4 is 21.1 Å². The zero-order valence-electron chi connectivity index (χ0n) is 20.4. The van der Waals surface area contributed by atoms with Gasteiger partial charge in [-0.25, -0.2) is 0 Å². The van der Waals surface area contributed by atoms with Gasteiger partial charge < -0.3 is 26.0 Å². The summed E-state index contributed by atoms with van der Waals surface area (Å²) in [7, 11) is 0.